The quantitative estimate of drug-likeness (QED) is 0.505. The molecule has 0 aromatic carbocycles. The first-order chi connectivity index (χ1) is 5.27. The number of hydrogen-bond acceptors (Lipinski definition) is 4. The molecule has 0 radical (unpaired) electrons. The second-order valence-corrected chi connectivity index (χ2v) is 2.44. The van der Waals surface area contributed by atoms with Crippen LogP contribution in [-0.2, 0) is 0 Å². The van der Waals surface area contributed by atoms with E-state index in [0.717, 1.165) is 0 Å². The Morgan fingerprint density at radius 2 is 2.36 bits per heavy atom. The van der Waals surface area contributed by atoms with E-state index in [9.17, 15) is 0 Å². The molecule has 2 rings (SSSR count). The van der Waals surface area contributed by atoms with Gasteiger partial charge in [-0.25, -0.2) is 9.97 Å². The summed E-state index contributed by atoms with van der Waals surface area (Å²) in [6.07, 6.45) is 1.54. The molecule has 6 heteroatoms. The summed E-state index contributed by atoms with van der Waals surface area (Å²) in [5.41, 5.74) is 6.75. The van der Waals surface area contributed by atoms with Crippen LogP contribution in [0.25, 0.3) is 11.2 Å². The third-order valence-electron chi connectivity index (χ3n) is 1.32. The highest BCUT2D eigenvalue weighted by Gasteiger charge is 1.98. The second-order valence-electron chi connectivity index (χ2n) is 2.05. The average molecular weight is 170 g/mol. The van der Waals surface area contributed by atoms with Crippen LogP contribution in [0.3, 0.4) is 0 Å². The highest BCUT2D eigenvalue weighted by molar-refractivity contribution is 7.71. The molecular weight excluding hydrogens is 165 g/mol. The highest BCUT2D eigenvalue weighted by Crippen LogP contribution is 2.06. The Morgan fingerprint density at radius 3 is 3.18 bits per heavy atom. The number of aromatic nitrogens is 4. The van der Waals surface area contributed by atoms with E-state index in [0.29, 0.717) is 15.8 Å². The third-order valence-corrected chi connectivity index (χ3v) is 1.62. The van der Waals surface area contributed by atoms with E-state index < -0.39 is 0 Å². The molecule has 2 heterocycles. The summed E-state index contributed by atoms with van der Waals surface area (Å²) in [4.78, 5) is 13.4. The van der Waals surface area contributed by atoms with Crippen molar-refractivity contribution in [3.8, 4) is 0 Å². The maximum absolute atomic E-state index is 5.40. The van der Waals surface area contributed by atoms with Crippen molar-refractivity contribution in [1.82, 2.24) is 19.9 Å². The van der Waals surface area contributed by atoms with Crippen LogP contribution >= 0.6 is 12.2 Å². The maximum atomic E-state index is 5.40. The molecule has 11 heavy (non-hydrogen) atoms. The molecule has 56 valence electrons. The van der Waals surface area contributed by atoms with Crippen molar-refractivity contribution < 1.29 is 0 Å². The van der Waals surface area contributed by atoms with E-state index in [1.807, 2.05) is 0 Å². The Kier molecular flexibility index (Phi) is 1.16. The van der Waals surface area contributed by atoms with Crippen LogP contribution in [0.1, 0.15) is 0 Å². The van der Waals surface area contributed by atoms with E-state index in [1.165, 1.54) is 6.33 Å². The first-order valence-electron chi connectivity index (χ1n) is 2.96. The van der Waals surface area contributed by atoms with Crippen LogP contribution in [-0.4, -0.2) is 19.9 Å². The van der Waals surface area contributed by atoms with Crippen LogP contribution in [0.2, 0.25) is 0 Å². The first-order valence-corrected chi connectivity index (χ1v) is 3.37. The van der Waals surface area contributed by atoms with Crippen molar-refractivity contribution in [3.63, 3.8) is 0 Å². The number of H-pyrrole nitrogens is 2. The van der Waals surface area contributed by atoms with Crippen molar-refractivity contribution in [2.75, 3.05) is 5.73 Å². The van der Waals surface area contributed by atoms with Gasteiger partial charge in [-0.05, 0) is 0 Å². The van der Waals surface area contributed by atoms with Crippen LogP contribution in [0.5, 0.6) is 0 Å². The molecule has 2 aromatic heterocycles. The zero-order chi connectivity index (χ0) is 7.84. The summed E-state index contributed by atoms with van der Waals surface area (Å²) in [5, 5.41) is 0. The number of aromatic amines is 2. The van der Waals surface area contributed by atoms with Gasteiger partial charge >= 0.3 is 0 Å². The molecule has 0 aliphatic rings. The fraction of sp³-hybridized carbons (Fsp3) is 0. The molecule has 0 saturated carbocycles. The lowest BCUT2D eigenvalue weighted by molar-refractivity contribution is 1.20. The molecule has 0 aliphatic heterocycles. The lowest BCUT2D eigenvalue weighted by Gasteiger charge is -1.91. The minimum atomic E-state index is 0.287. The first kappa shape index (κ1) is 6.29. The van der Waals surface area contributed by atoms with Gasteiger partial charge in [-0.3, -0.25) is 0 Å². The number of hydrogen-bond donors (Lipinski definition) is 3. The van der Waals surface area contributed by atoms with E-state index in [4.69, 9.17) is 18.0 Å². The van der Waals surface area contributed by atoms with Crippen molar-refractivity contribution in [2.24, 2.45) is 0 Å². The van der Waals surface area contributed by atoms with Crippen LogP contribution in [0, 0.1) is 4.64 Å². The molecule has 0 fully saturated rings. The number of nitrogens with one attached hydrogen (secondary N) is 2. The zero-order valence-corrected chi connectivity index (χ0v) is 6.27. The number of nitrogens with two attached hydrogens (primary N) is 1. The van der Waals surface area contributed by atoms with Gasteiger partial charge in [0.05, 0.1) is 6.33 Å². The van der Waals surface area contributed by atoms with E-state index in [2.05, 4.69) is 19.9 Å². The van der Waals surface area contributed by atoms with Gasteiger partial charge in [-0.15, -0.1) is 0 Å². The molecule has 0 bridgehead atoms. The predicted octanol–water partition coefficient (Wildman–Crippen LogP) is 0.598. The maximum Gasteiger partial charge on any atom is 0.200 e. The Balaban J connectivity index is 3.02. The van der Waals surface area contributed by atoms with Gasteiger partial charge in [0.1, 0.15) is 5.52 Å². The summed E-state index contributed by atoms with van der Waals surface area (Å²) in [6.45, 7) is 0. The zero-order valence-electron chi connectivity index (χ0n) is 5.46. The number of rotatable bonds is 0. The minimum absolute atomic E-state index is 0.287. The molecule has 4 N–H and O–H groups in total. The van der Waals surface area contributed by atoms with Crippen LogP contribution in [0.4, 0.5) is 5.95 Å². The largest absolute Gasteiger partial charge is 0.369 e. The molecule has 0 spiro atoms. The van der Waals surface area contributed by atoms with E-state index in [1.54, 1.807) is 0 Å². The van der Waals surface area contributed by atoms with Crippen molar-refractivity contribution in [3.05, 3.63) is 11.0 Å². The second kappa shape index (κ2) is 2.03. The standard InChI is InChI=1S/C5H5N5S/c6-5-9-3-2(4(11)10-5)7-1-8-3/h1H,(H4,6,7,8,9,10,11)/i2+1,3+1,7+1. The number of fused-ring (bicyclic) bond motifs is 1. The smallest absolute Gasteiger partial charge is 0.200 e. The fourth-order valence-electron chi connectivity index (χ4n) is 0.867. The number of imidazole rings is 1. The van der Waals surface area contributed by atoms with Gasteiger partial charge in [0.25, 0.3) is 0 Å². The summed E-state index contributed by atoms with van der Waals surface area (Å²) in [5.74, 6) is 0.287. The monoisotopic (exact) mass is 170 g/mol. The lowest BCUT2D eigenvalue weighted by Crippen LogP contribution is -1.94. The molecule has 0 aliphatic carbocycles. The van der Waals surface area contributed by atoms with Crippen molar-refractivity contribution in [1.29, 1.82) is 0 Å². The predicted molar refractivity (Wildman–Crippen MR) is 43.5 cm³/mol. The number of nitrogen functional groups attached to an aromatic ring is 1. The minimum Gasteiger partial charge on any atom is -0.369 e. The SMILES string of the molecule is Nc1nc(=S)[13c]2[15nH]cn[13c]2[nH]1. The Labute approximate surface area is 66.7 Å². The van der Waals surface area contributed by atoms with Crippen molar-refractivity contribution >= 4 is 29.3 Å². The average Bonchev–Trinajstić information content (AvgIpc) is 2.34. The number of anilines is 1. The molecule has 0 saturated heterocycles. The third kappa shape index (κ3) is 0.874. The Morgan fingerprint density at radius 1 is 1.55 bits per heavy atom. The van der Waals surface area contributed by atoms with E-state index in [-0.39, 0.29) is 5.95 Å². The molecule has 5 nitrogen and oxygen atoms in total. The Bertz CT molecular complexity index is 441. The number of nitrogens with zero attached hydrogens (tertiary/aromatic N) is 2. The molecule has 0 unspecified atom stereocenters. The lowest BCUT2D eigenvalue weighted by atomic mass is 11.0. The summed E-state index contributed by atoms with van der Waals surface area (Å²) in [6, 6.07) is 0. The van der Waals surface area contributed by atoms with Gasteiger partial charge in [0.2, 0.25) is 5.95 Å². The van der Waals surface area contributed by atoms with E-state index >= 15 is 0 Å². The fourth-order valence-corrected chi connectivity index (χ4v) is 1.12. The van der Waals surface area contributed by atoms with Gasteiger partial charge < -0.3 is 15.7 Å². The van der Waals surface area contributed by atoms with Crippen molar-refractivity contribution in [2.45, 2.75) is 0 Å². The van der Waals surface area contributed by atoms with Crippen LogP contribution < -0.4 is 5.73 Å². The van der Waals surface area contributed by atoms with Gasteiger partial charge in [-0.2, -0.15) is 0 Å². The van der Waals surface area contributed by atoms with Gasteiger partial charge in [0.15, 0.2) is 10.3 Å². The normalized spacial score (nSPS) is 10.5. The molecule has 0 amide bonds. The van der Waals surface area contributed by atoms with Gasteiger partial charge in [-0.1, -0.05) is 12.2 Å². The topological polar surface area (TPSA) is 83.4 Å². The Hall–Kier alpha value is -1.43. The molecular formula is C5H5N5S. The highest BCUT2D eigenvalue weighted by atomic mass is 32.1. The molecule has 2 aromatic rings. The molecule has 0 atom stereocenters. The van der Waals surface area contributed by atoms with Gasteiger partial charge in [0, 0.05) is 0 Å². The van der Waals surface area contributed by atoms with Crippen LogP contribution in [0.15, 0.2) is 6.33 Å². The summed E-state index contributed by atoms with van der Waals surface area (Å²) in [7, 11) is 0. The summed E-state index contributed by atoms with van der Waals surface area (Å²) >= 11 is 4.91. The summed E-state index contributed by atoms with van der Waals surface area (Å²) < 4.78 is 0.439.